The summed E-state index contributed by atoms with van der Waals surface area (Å²) in [6, 6.07) is 16.3. The van der Waals surface area contributed by atoms with Crippen molar-refractivity contribution < 1.29 is 15.0 Å². The van der Waals surface area contributed by atoms with Gasteiger partial charge in [0.1, 0.15) is 0 Å². The van der Waals surface area contributed by atoms with E-state index in [0.29, 0.717) is 18.4 Å². The van der Waals surface area contributed by atoms with Gasteiger partial charge in [0.05, 0.1) is 28.8 Å². The first-order valence-corrected chi connectivity index (χ1v) is 9.91. The van der Waals surface area contributed by atoms with Crippen LogP contribution < -0.4 is 10.2 Å². The molecule has 0 amide bonds. The van der Waals surface area contributed by atoms with Gasteiger partial charge < -0.3 is 20.4 Å². The molecule has 1 unspecified atom stereocenters. The Kier molecular flexibility index (Phi) is 8.24. The van der Waals surface area contributed by atoms with Gasteiger partial charge in [0.2, 0.25) is 0 Å². The Labute approximate surface area is 183 Å². The van der Waals surface area contributed by atoms with Crippen LogP contribution in [0, 0.1) is 11.3 Å². The smallest absolute Gasteiger partial charge is 0.335 e. The van der Waals surface area contributed by atoms with E-state index >= 15 is 0 Å². The molecule has 1 fully saturated rings. The first-order chi connectivity index (χ1) is 13.9. The standard InChI is InChI=1S/C23H27N3O3.ClH/c1-26(20-4-2-3-19(15-20)22(27)28)21(23(29)11-13-25-14-12-23)10-9-17-5-7-18(16-24)8-6-17;/h2-8,15,21,25,29H,9-14H2,1H3,(H,27,28);1H. The minimum Gasteiger partial charge on any atom is -0.478 e. The average molecular weight is 430 g/mol. The predicted octanol–water partition coefficient (Wildman–Crippen LogP) is 3.23. The molecule has 160 valence electrons. The van der Waals surface area contributed by atoms with Gasteiger partial charge in [-0.15, -0.1) is 12.4 Å². The maximum absolute atomic E-state index is 11.5. The number of aromatic carboxylic acids is 1. The van der Waals surface area contributed by atoms with Gasteiger partial charge in [-0.3, -0.25) is 0 Å². The number of likely N-dealkylation sites (N-methyl/N-ethyl adjacent to an activating group) is 1. The number of hydrogen-bond acceptors (Lipinski definition) is 5. The topological polar surface area (TPSA) is 96.6 Å². The summed E-state index contributed by atoms with van der Waals surface area (Å²) in [6.45, 7) is 1.51. The zero-order valence-electron chi connectivity index (χ0n) is 17.0. The summed E-state index contributed by atoms with van der Waals surface area (Å²) in [5.74, 6) is -0.963. The first kappa shape index (κ1) is 23.7. The molecule has 2 aromatic rings. The van der Waals surface area contributed by atoms with Crippen molar-refractivity contribution in [2.75, 3.05) is 25.0 Å². The third-order valence-electron chi connectivity index (χ3n) is 5.85. The maximum atomic E-state index is 11.5. The lowest BCUT2D eigenvalue weighted by Gasteiger charge is -2.45. The van der Waals surface area contributed by atoms with Gasteiger partial charge in [-0.1, -0.05) is 18.2 Å². The predicted molar refractivity (Wildman–Crippen MR) is 119 cm³/mol. The molecule has 0 bridgehead atoms. The lowest BCUT2D eigenvalue weighted by molar-refractivity contribution is -0.0167. The van der Waals surface area contributed by atoms with Crippen LogP contribution in [0.2, 0.25) is 0 Å². The molecule has 1 aliphatic rings. The average Bonchev–Trinajstić information content (AvgIpc) is 2.74. The van der Waals surface area contributed by atoms with Crippen LogP contribution in [0.1, 0.15) is 40.7 Å². The molecule has 0 spiro atoms. The van der Waals surface area contributed by atoms with E-state index < -0.39 is 11.6 Å². The number of carboxylic acid groups (broad SMARTS) is 1. The molecule has 7 heteroatoms. The third-order valence-corrected chi connectivity index (χ3v) is 5.85. The van der Waals surface area contributed by atoms with Gasteiger partial charge >= 0.3 is 5.97 Å². The zero-order chi connectivity index (χ0) is 20.9. The van der Waals surface area contributed by atoms with Crippen LogP contribution >= 0.6 is 12.4 Å². The molecule has 1 atom stereocenters. The summed E-state index contributed by atoms with van der Waals surface area (Å²) in [6.07, 6.45) is 2.77. The zero-order valence-corrected chi connectivity index (χ0v) is 17.9. The van der Waals surface area contributed by atoms with Crippen molar-refractivity contribution >= 4 is 24.1 Å². The largest absolute Gasteiger partial charge is 0.478 e. The number of hydrogen-bond donors (Lipinski definition) is 3. The molecule has 2 aromatic carbocycles. The molecule has 3 rings (SSSR count). The fourth-order valence-corrected chi connectivity index (χ4v) is 4.10. The highest BCUT2D eigenvalue weighted by atomic mass is 35.5. The van der Waals surface area contributed by atoms with Crippen LogP contribution in [0.15, 0.2) is 48.5 Å². The molecule has 1 aliphatic heterocycles. The van der Waals surface area contributed by atoms with Crippen LogP contribution in [-0.2, 0) is 6.42 Å². The first-order valence-electron chi connectivity index (χ1n) is 9.91. The lowest BCUT2D eigenvalue weighted by Crippen LogP contribution is -2.56. The van der Waals surface area contributed by atoms with E-state index in [1.54, 1.807) is 18.2 Å². The number of nitriles is 1. The van der Waals surface area contributed by atoms with Crippen LogP contribution in [0.25, 0.3) is 0 Å². The molecule has 0 aromatic heterocycles. The molecule has 0 aliphatic carbocycles. The monoisotopic (exact) mass is 429 g/mol. The Morgan fingerprint density at radius 3 is 2.50 bits per heavy atom. The van der Waals surface area contributed by atoms with Crippen molar-refractivity contribution in [1.29, 1.82) is 5.26 Å². The number of halogens is 1. The van der Waals surface area contributed by atoms with Crippen molar-refractivity contribution in [1.82, 2.24) is 5.32 Å². The molecule has 0 radical (unpaired) electrons. The number of rotatable bonds is 7. The Morgan fingerprint density at radius 2 is 1.90 bits per heavy atom. The van der Waals surface area contributed by atoms with Crippen LogP contribution in [0.5, 0.6) is 0 Å². The van der Waals surface area contributed by atoms with E-state index in [-0.39, 0.29) is 24.0 Å². The number of carbonyl (C=O) groups is 1. The normalized spacial score (nSPS) is 16.0. The van der Waals surface area contributed by atoms with Gasteiger partial charge in [0.15, 0.2) is 0 Å². The number of carboxylic acids is 1. The Hall–Kier alpha value is -2.59. The van der Waals surface area contributed by atoms with E-state index in [2.05, 4.69) is 11.4 Å². The highest BCUT2D eigenvalue weighted by Crippen LogP contribution is 2.32. The minimum atomic E-state index is -0.963. The number of piperidine rings is 1. The second-order valence-electron chi connectivity index (χ2n) is 7.68. The quantitative estimate of drug-likeness (QED) is 0.625. The number of nitrogens with zero attached hydrogens (tertiary/aromatic N) is 2. The van der Waals surface area contributed by atoms with Gasteiger partial charge in [0, 0.05) is 12.7 Å². The molecule has 6 nitrogen and oxygen atoms in total. The van der Waals surface area contributed by atoms with Crippen molar-refractivity contribution in [3.63, 3.8) is 0 Å². The molecule has 30 heavy (non-hydrogen) atoms. The van der Waals surface area contributed by atoms with Crippen molar-refractivity contribution in [3.8, 4) is 6.07 Å². The van der Waals surface area contributed by atoms with Crippen LogP contribution in [0.4, 0.5) is 5.69 Å². The number of anilines is 1. The van der Waals surface area contributed by atoms with Crippen molar-refractivity contribution in [2.24, 2.45) is 0 Å². The van der Waals surface area contributed by atoms with Crippen molar-refractivity contribution in [2.45, 2.75) is 37.3 Å². The lowest BCUT2D eigenvalue weighted by atomic mass is 9.81. The molecular formula is C23H28ClN3O3. The van der Waals surface area contributed by atoms with Crippen LogP contribution in [-0.4, -0.2) is 48.0 Å². The Balaban J connectivity index is 0.00000320. The van der Waals surface area contributed by atoms with Gasteiger partial charge in [0.25, 0.3) is 0 Å². The van der Waals surface area contributed by atoms with Gasteiger partial charge in [-0.05, 0) is 74.7 Å². The van der Waals surface area contributed by atoms with Crippen LogP contribution in [0.3, 0.4) is 0 Å². The second-order valence-corrected chi connectivity index (χ2v) is 7.68. The summed E-state index contributed by atoms with van der Waals surface area (Å²) in [5, 5.41) is 33.1. The highest BCUT2D eigenvalue weighted by molar-refractivity contribution is 5.88. The molecule has 1 saturated heterocycles. The molecule has 3 N–H and O–H groups in total. The number of benzene rings is 2. The molecule has 1 heterocycles. The maximum Gasteiger partial charge on any atom is 0.335 e. The van der Waals surface area contributed by atoms with E-state index in [0.717, 1.165) is 37.2 Å². The third kappa shape index (κ3) is 5.51. The van der Waals surface area contributed by atoms with E-state index in [4.69, 9.17) is 5.26 Å². The number of aryl methyl sites for hydroxylation is 1. The minimum absolute atomic E-state index is 0. The van der Waals surface area contributed by atoms with E-state index in [9.17, 15) is 15.0 Å². The van der Waals surface area contributed by atoms with Gasteiger partial charge in [-0.25, -0.2) is 4.79 Å². The summed E-state index contributed by atoms with van der Waals surface area (Å²) in [4.78, 5) is 13.4. The summed E-state index contributed by atoms with van der Waals surface area (Å²) in [5.41, 5.74) is 1.90. The van der Waals surface area contributed by atoms with Gasteiger partial charge in [-0.2, -0.15) is 5.26 Å². The Morgan fingerprint density at radius 1 is 1.23 bits per heavy atom. The fraction of sp³-hybridized carbons (Fsp3) is 0.391. The summed E-state index contributed by atoms with van der Waals surface area (Å²) < 4.78 is 0. The molecular weight excluding hydrogens is 402 g/mol. The number of nitrogens with one attached hydrogen (secondary N) is 1. The fourth-order valence-electron chi connectivity index (χ4n) is 4.10. The Bertz CT molecular complexity index is 889. The highest BCUT2D eigenvalue weighted by Gasteiger charge is 2.40. The number of aliphatic hydroxyl groups is 1. The van der Waals surface area contributed by atoms with E-state index in [1.807, 2.05) is 42.3 Å². The summed E-state index contributed by atoms with van der Waals surface area (Å²) >= 11 is 0. The second kappa shape index (κ2) is 10.4. The molecule has 0 saturated carbocycles. The van der Waals surface area contributed by atoms with Crippen molar-refractivity contribution in [3.05, 3.63) is 65.2 Å². The summed E-state index contributed by atoms with van der Waals surface area (Å²) in [7, 11) is 1.92. The van der Waals surface area contributed by atoms with E-state index in [1.165, 1.54) is 0 Å². The SMILES string of the molecule is CN(c1cccc(C(=O)O)c1)C(CCc1ccc(C#N)cc1)C1(O)CCNCC1.Cl.